The molecule has 158 valence electrons. The van der Waals surface area contributed by atoms with E-state index in [9.17, 15) is 9.59 Å². The summed E-state index contributed by atoms with van der Waals surface area (Å²) in [6, 6.07) is 13.5. The Morgan fingerprint density at radius 1 is 1.13 bits per heavy atom. The number of carbonyl (C=O) groups excluding carboxylic acids is 2. The van der Waals surface area contributed by atoms with E-state index in [1.54, 1.807) is 6.07 Å². The first-order chi connectivity index (χ1) is 14.6. The van der Waals surface area contributed by atoms with E-state index in [0.29, 0.717) is 30.2 Å². The lowest BCUT2D eigenvalue weighted by molar-refractivity contribution is -0.123. The monoisotopic (exact) mass is 409 g/mol. The lowest BCUT2D eigenvalue weighted by Crippen LogP contribution is -2.44. The van der Waals surface area contributed by atoms with Crippen molar-refractivity contribution in [2.24, 2.45) is 0 Å². The van der Waals surface area contributed by atoms with Crippen molar-refractivity contribution >= 4 is 17.5 Å². The van der Waals surface area contributed by atoms with Crippen LogP contribution < -0.4 is 20.1 Å². The van der Waals surface area contributed by atoms with Crippen molar-refractivity contribution in [3.05, 3.63) is 53.6 Å². The second-order valence-corrected chi connectivity index (χ2v) is 7.42. The first-order valence-corrected chi connectivity index (χ1v) is 10.5. The number of amides is 2. The molecule has 1 aliphatic carbocycles. The van der Waals surface area contributed by atoms with E-state index in [1.807, 2.05) is 55.1 Å². The van der Waals surface area contributed by atoms with Crippen molar-refractivity contribution in [2.75, 3.05) is 25.1 Å². The van der Waals surface area contributed by atoms with E-state index < -0.39 is 0 Å². The number of ether oxygens (including phenoxy) is 2. The number of rotatable bonds is 8. The van der Waals surface area contributed by atoms with Crippen LogP contribution in [0.5, 0.6) is 11.5 Å². The summed E-state index contributed by atoms with van der Waals surface area (Å²) in [5.41, 5.74) is 2.45. The normalized spacial score (nSPS) is 17.7. The summed E-state index contributed by atoms with van der Waals surface area (Å²) in [7, 11) is 0. The van der Waals surface area contributed by atoms with Crippen molar-refractivity contribution in [1.82, 2.24) is 10.2 Å². The fourth-order valence-corrected chi connectivity index (χ4v) is 3.72. The second-order valence-electron chi connectivity index (χ2n) is 7.42. The van der Waals surface area contributed by atoms with Gasteiger partial charge in [0.05, 0.1) is 12.2 Å². The molecule has 2 N–H and O–H groups in total. The molecular formula is C23H27N3O4. The van der Waals surface area contributed by atoms with Gasteiger partial charge in [0.2, 0.25) is 0 Å². The first kappa shape index (κ1) is 20.1. The van der Waals surface area contributed by atoms with Crippen LogP contribution in [0.25, 0.3) is 0 Å². The Morgan fingerprint density at radius 2 is 1.93 bits per heavy atom. The lowest BCUT2D eigenvalue weighted by Gasteiger charge is -2.38. The summed E-state index contributed by atoms with van der Waals surface area (Å²) in [4.78, 5) is 26.9. The Kier molecular flexibility index (Phi) is 5.79. The summed E-state index contributed by atoms with van der Waals surface area (Å²) in [5.74, 6) is 0.932. The van der Waals surface area contributed by atoms with Crippen molar-refractivity contribution in [2.45, 2.75) is 38.9 Å². The van der Waals surface area contributed by atoms with E-state index in [4.69, 9.17) is 9.47 Å². The van der Waals surface area contributed by atoms with Gasteiger partial charge in [-0.05, 0) is 56.5 Å². The zero-order chi connectivity index (χ0) is 21.1. The number of anilines is 1. The van der Waals surface area contributed by atoms with Gasteiger partial charge in [0.25, 0.3) is 11.8 Å². The maximum Gasteiger partial charge on any atom is 0.258 e. The number of para-hydroxylation sites is 1. The molecule has 7 heteroatoms. The predicted octanol–water partition coefficient (Wildman–Crippen LogP) is 3.33. The second kappa shape index (κ2) is 8.65. The molecule has 1 fully saturated rings. The standard InChI is InChI=1S/C23H27N3O4/c1-3-24-21(27)14-30-19-12-9-15(13-20(19)29-4-2)22-25-18-8-6-5-7-17(18)23(28)26(22)16-10-11-16/h5-9,12-13,16,22,25H,3-4,10-11,14H2,1-2H3,(H,24,27). The highest BCUT2D eigenvalue weighted by molar-refractivity contribution is 6.02. The van der Waals surface area contributed by atoms with Gasteiger partial charge in [-0.25, -0.2) is 0 Å². The topological polar surface area (TPSA) is 79.9 Å². The molecule has 1 unspecified atom stereocenters. The van der Waals surface area contributed by atoms with Crippen molar-refractivity contribution in [3.8, 4) is 11.5 Å². The average Bonchev–Trinajstić information content (AvgIpc) is 3.58. The van der Waals surface area contributed by atoms with Gasteiger partial charge < -0.3 is 25.0 Å². The number of likely N-dealkylation sites (N-methyl/N-ethyl adjacent to an activating group) is 1. The van der Waals surface area contributed by atoms with Gasteiger partial charge in [-0.2, -0.15) is 0 Å². The van der Waals surface area contributed by atoms with Crippen LogP contribution in [0.4, 0.5) is 5.69 Å². The minimum absolute atomic E-state index is 0.0476. The molecule has 1 saturated carbocycles. The molecule has 0 spiro atoms. The van der Waals surface area contributed by atoms with Crippen molar-refractivity contribution in [3.63, 3.8) is 0 Å². The summed E-state index contributed by atoms with van der Waals surface area (Å²) < 4.78 is 11.5. The Bertz CT molecular complexity index is 942. The Balaban J connectivity index is 1.63. The summed E-state index contributed by atoms with van der Waals surface area (Å²) in [5, 5.41) is 6.23. The van der Waals surface area contributed by atoms with Crippen LogP contribution in [0.3, 0.4) is 0 Å². The molecule has 30 heavy (non-hydrogen) atoms. The minimum Gasteiger partial charge on any atom is -0.490 e. The third kappa shape index (κ3) is 4.06. The van der Waals surface area contributed by atoms with E-state index >= 15 is 0 Å². The highest BCUT2D eigenvalue weighted by atomic mass is 16.5. The van der Waals surface area contributed by atoms with E-state index in [1.165, 1.54) is 0 Å². The highest BCUT2D eigenvalue weighted by Gasteiger charge is 2.42. The molecule has 7 nitrogen and oxygen atoms in total. The maximum atomic E-state index is 13.2. The quantitative estimate of drug-likeness (QED) is 0.699. The summed E-state index contributed by atoms with van der Waals surface area (Å²) in [6.45, 7) is 4.71. The minimum atomic E-state index is -0.281. The van der Waals surface area contributed by atoms with Gasteiger partial charge >= 0.3 is 0 Å². The Morgan fingerprint density at radius 3 is 2.67 bits per heavy atom. The Labute approximate surface area is 176 Å². The van der Waals surface area contributed by atoms with Gasteiger partial charge in [0, 0.05) is 18.3 Å². The van der Waals surface area contributed by atoms with E-state index in [0.717, 1.165) is 24.1 Å². The fourth-order valence-electron chi connectivity index (χ4n) is 3.72. The number of nitrogens with zero attached hydrogens (tertiary/aromatic N) is 1. The van der Waals surface area contributed by atoms with Gasteiger partial charge in [0.1, 0.15) is 6.17 Å². The van der Waals surface area contributed by atoms with Crippen molar-refractivity contribution < 1.29 is 19.1 Å². The molecule has 0 radical (unpaired) electrons. The third-order valence-electron chi connectivity index (χ3n) is 5.22. The van der Waals surface area contributed by atoms with Crippen LogP contribution in [0.2, 0.25) is 0 Å². The van der Waals surface area contributed by atoms with E-state index in [-0.39, 0.29) is 30.6 Å². The largest absolute Gasteiger partial charge is 0.490 e. The number of nitrogens with one attached hydrogen (secondary N) is 2. The van der Waals surface area contributed by atoms with Gasteiger partial charge in [-0.3, -0.25) is 9.59 Å². The molecule has 2 aromatic carbocycles. The number of benzene rings is 2. The van der Waals surface area contributed by atoms with Gasteiger partial charge in [-0.15, -0.1) is 0 Å². The fraction of sp³-hybridized carbons (Fsp3) is 0.391. The number of fused-ring (bicyclic) bond motifs is 1. The molecule has 2 amide bonds. The van der Waals surface area contributed by atoms with Crippen LogP contribution in [-0.2, 0) is 4.79 Å². The van der Waals surface area contributed by atoms with Crippen LogP contribution in [0.1, 0.15) is 48.8 Å². The van der Waals surface area contributed by atoms with Crippen LogP contribution in [-0.4, -0.2) is 42.5 Å². The van der Waals surface area contributed by atoms with Crippen LogP contribution >= 0.6 is 0 Å². The molecule has 0 bridgehead atoms. The van der Waals surface area contributed by atoms with Gasteiger partial charge in [-0.1, -0.05) is 18.2 Å². The Hall–Kier alpha value is -3.22. The highest BCUT2D eigenvalue weighted by Crippen LogP contribution is 2.42. The molecule has 0 aromatic heterocycles. The smallest absolute Gasteiger partial charge is 0.258 e. The number of hydrogen-bond donors (Lipinski definition) is 2. The van der Waals surface area contributed by atoms with E-state index in [2.05, 4.69) is 10.6 Å². The molecule has 2 aliphatic rings. The summed E-state index contributed by atoms with van der Waals surface area (Å²) >= 11 is 0. The molecule has 2 aromatic rings. The predicted molar refractivity (Wildman–Crippen MR) is 114 cm³/mol. The number of carbonyl (C=O) groups is 2. The maximum absolute atomic E-state index is 13.2. The van der Waals surface area contributed by atoms with Crippen LogP contribution in [0, 0.1) is 0 Å². The molecular weight excluding hydrogens is 382 g/mol. The molecule has 1 aliphatic heterocycles. The number of hydrogen-bond acceptors (Lipinski definition) is 5. The molecule has 1 heterocycles. The SMILES string of the molecule is CCNC(=O)COc1ccc(C2Nc3ccccc3C(=O)N2C2CC2)cc1OCC. The zero-order valence-corrected chi connectivity index (χ0v) is 17.3. The summed E-state index contributed by atoms with van der Waals surface area (Å²) in [6.07, 6.45) is 1.74. The van der Waals surface area contributed by atoms with Gasteiger partial charge in [0.15, 0.2) is 18.1 Å². The van der Waals surface area contributed by atoms with Crippen LogP contribution in [0.15, 0.2) is 42.5 Å². The van der Waals surface area contributed by atoms with Crippen molar-refractivity contribution in [1.29, 1.82) is 0 Å². The lowest BCUT2D eigenvalue weighted by atomic mass is 10.0. The third-order valence-corrected chi connectivity index (χ3v) is 5.22. The molecule has 0 saturated heterocycles. The first-order valence-electron chi connectivity index (χ1n) is 10.5. The average molecular weight is 409 g/mol. The molecule has 1 atom stereocenters. The molecule has 4 rings (SSSR count). The zero-order valence-electron chi connectivity index (χ0n) is 17.3.